The predicted octanol–water partition coefficient (Wildman–Crippen LogP) is 2.37. The summed E-state index contributed by atoms with van der Waals surface area (Å²) in [6, 6.07) is 4.15. The van der Waals surface area contributed by atoms with Crippen molar-refractivity contribution in [2.24, 2.45) is 5.92 Å². The Kier molecular flexibility index (Phi) is 5.58. The Morgan fingerprint density at radius 2 is 1.96 bits per heavy atom. The molecule has 0 bridgehead atoms. The fourth-order valence-corrected chi connectivity index (χ4v) is 4.44. The van der Waals surface area contributed by atoms with Crippen LogP contribution in [0.4, 0.5) is 0 Å². The summed E-state index contributed by atoms with van der Waals surface area (Å²) in [5, 5.41) is 9.69. The van der Waals surface area contributed by atoms with Crippen molar-refractivity contribution in [1.29, 1.82) is 5.26 Å². The zero-order chi connectivity index (χ0) is 19.9. The van der Waals surface area contributed by atoms with Gasteiger partial charge in [-0.15, -0.1) is 0 Å². The number of halogens is 1. The van der Waals surface area contributed by atoms with Gasteiger partial charge in [0, 0.05) is 17.1 Å². The first-order valence-electron chi connectivity index (χ1n) is 8.47. The van der Waals surface area contributed by atoms with E-state index in [9.17, 15) is 14.9 Å². The number of hydrogen-bond donors (Lipinski definition) is 1. The standard InChI is InChI=1S/C17H16BrN3O4.CH4S/c1-8-16(22)21-11(17(23)20(8)2)5-9(6-19)14(21)13-10(18)3-4-12-15(13)25-7-24-12;1-2/h3-4,8-9,11,14H,5,7H2,1-2H3;2H,1H3/t8?,9-,11?,14-;/m1./s1. The molecular formula is C18H20BrN3O4S. The lowest BCUT2D eigenvalue weighted by molar-refractivity contribution is -0.159. The van der Waals surface area contributed by atoms with E-state index in [-0.39, 0.29) is 18.6 Å². The van der Waals surface area contributed by atoms with Crippen molar-refractivity contribution in [3.63, 3.8) is 0 Å². The Labute approximate surface area is 171 Å². The Bertz CT molecular complexity index is 828. The minimum Gasteiger partial charge on any atom is -0.454 e. The summed E-state index contributed by atoms with van der Waals surface area (Å²) in [5.74, 6) is 0.337. The van der Waals surface area contributed by atoms with Gasteiger partial charge in [-0.2, -0.15) is 17.9 Å². The van der Waals surface area contributed by atoms with E-state index in [0.717, 1.165) is 4.47 Å². The zero-order valence-corrected chi connectivity index (χ0v) is 17.7. The van der Waals surface area contributed by atoms with E-state index in [1.807, 2.05) is 6.07 Å². The van der Waals surface area contributed by atoms with E-state index in [2.05, 4.69) is 34.6 Å². The molecule has 2 amide bonds. The molecule has 7 nitrogen and oxygen atoms in total. The van der Waals surface area contributed by atoms with Crippen molar-refractivity contribution in [2.75, 3.05) is 20.1 Å². The predicted molar refractivity (Wildman–Crippen MR) is 105 cm³/mol. The largest absolute Gasteiger partial charge is 0.454 e. The van der Waals surface area contributed by atoms with Gasteiger partial charge in [-0.1, -0.05) is 15.9 Å². The van der Waals surface area contributed by atoms with Crippen LogP contribution in [0.2, 0.25) is 0 Å². The second-order valence-electron chi connectivity index (χ2n) is 6.50. The minimum atomic E-state index is -0.617. The number of hydrogen-bond acceptors (Lipinski definition) is 6. The molecular weight excluding hydrogens is 434 g/mol. The van der Waals surface area contributed by atoms with Crippen LogP contribution in [0.1, 0.15) is 24.9 Å². The van der Waals surface area contributed by atoms with Gasteiger partial charge in [-0.05, 0) is 31.7 Å². The number of benzene rings is 1. The van der Waals surface area contributed by atoms with Crippen LogP contribution in [0.5, 0.6) is 11.5 Å². The summed E-state index contributed by atoms with van der Waals surface area (Å²) in [5.41, 5.74) is 0.696. The molecule has 1 aromatic carbocycles. The van der Waals surface area contributed by atoms with Crippen molar-refractivity contribution in [1.82, 2.24) is 9.80 Å². The Morgan fingerprint density at radius 1 is 1.26 bits per heavy atom. The highest BCUT2D eigenvalue weighted by Crippen LogP contribution is 2.51. The molecule has 0 spiro atoms. The number of nitrogens with zero attached hydrogens (tertiary/aromatic N) is 3. The van der Waals surface area contributed by atoms with E-state index in [1.54, 1.807) is 31.2 Å². The number of carbonyl (C=O) groups excluding carboxylic acids is 2. The van der Waals surface area contributed by atoms with Gasteiger partial charge in [0.25, 0.3) is 0 Å². The van der Waals surface area contributed by atoms with Crippen molar-refractivity contribution in [3.05, 3.63) is 22.2 Å². The molecule has 27 heavy (non-hydrogen) atoms. The topological polar surface area (TPSA) is 82.9 Å². The number of carbonyl (C=O) groups is 2. The molecule has 2 saturated heterocycles. The van der Waals surface area contributed by atoms with E-state index in [0.29, 0.717) is 23.5 Å². The highest BCUT2D eigenvalue weighted by Gasteiger charge is 2.55. The number of likely N-dealkylation sites (N-methyl/N-ethyl adjacent to an activating group) is 1. The van der Waals surface area contributed by atoms with Crippen LogP contribution >= 0.6 is 28.6 Å². The number of ether oxygens (including phenoxy) is 2. The normalized spacial score (nSPS) is 28.4. The molecule has 1 aromatic rings. The molecule has 3 aliphatic rings. The monoisotopic (exact) mass is 453 g/mol. The molecule has 0 radical (unpaired) electrons. The smallest absolute Gasteiger partial charge is 0.246 e. The van der Waals surface area contributed by atoms with Crippen LogP contribution in [-0.4, -0.2) is 53.8 Å². The lowest BCUT2D eigenvalue weighted by Gasteiger charge is -2.41. The first-order valence-corrected chi connectivity index (χ1v) is 10.2. The van der Waals surface area contributed by atoms with Crippen LogP contribution < -0.4 is 9.47 Å². The summed E-state index contributed by atoms with van der Waals surface area (Å²) >= 11 is 7.04. The van der Waals surface area contributed by atoms with Crippen LogP contribution in [-0.2, 0) is 9.59 Å². The number of nitriles is 1. The molecule has 4 atom stereocenters. The number of fused-ring (bicyclic) bond motifs is 2. The first kappa shape index (κ1) is 19.8. The van der Waals surface area contributed by atoms with Crippen molar-refractivity contribution >= 4 is 40.4 Å². The SMILES string of the molecule is CC1C(=O)N2C(C[C@H](C#N)[C@@H]2c2c(Br)ccc3c2OCO3)C(=O)N1C.CS. The van der Waals surface area contributed by atoms with Gasteiger partial charge < -0.3 is 19.3 Å². The Morgan fingerprint density at radius 3 is 2.63 bits per heavy atom. The summed E-state index contributed by atoms with van der Waals surface area (Å²) in [7, 11) is 1.63. The molecule has 3 heterocycles. The molecule has 0 aliphatic carbocycles. The van der Waals surface area contributed by atoms with Gasteiger partial charge in [-0.25, -0.2) is 0 Å². The van der Waals surface area contributed by atoms with Gasteiger partial charge in [0.05, 0.1) is 18.0 Å². The lowest BCUT2D eigenvalue weighted by atomic mass is 9.93. The van der Waals surface area contributed by atoms with Crippen LogP contribution in [0.25, 0.3) is 0 Å². The number of rotatable bonds is 1. The Balaban J connectivity index is 0.00000102. The third-order valence-corrected chi connectivity index (χ3v) is 6.00. The quantitative estimate of drug-likeness (QED) is 0.659. The minimum absolute atomic E-state index is 0.0954. The van der Waals surface area contributed by atoms with Crippen LogP contribution in [0, 0.1) is 17.2 Å². The van der Waals surface area contributed by atoms with Gasteiger partial charge in [0.15, 0.2) is 11.5 Å². The van der Waals surface area contributed by atoms with Crippen molar-refractivity contribution in [3.8, 4) is 17.6 Å². The van der Waals surface area contributed by atoms with E-state index < -0.39 is 24.0 Å². The van der Waals surface area contributed by atoms with Gasteiger partial charge in [0.2, 0.25) is 18.6 Å². The lowest BCUT2D eigenvalue weighted by Crippen LogP contribution is -2.60. The van der Waals surface area contributed by atoms with Crippen molar-refractivity contribution < 1.29 is 19.1 Å². The molecule has 0 aromatic heterocycles. The molecule has 2 fully saturated rings. The maximum absolute atomic E-state index is 13.0. The van der Waals surface area contributed by atoms with Crippen LogP contribution in [0.3, 0.4) is 0 Å². The molecule has 0 saturated carbocycles. The highest BCUT2D eigenvalue weighted by molar-refractivity contribution is 9.10. The summed E-state index contributed by atoms with van der Waals surface area (Å²) in [6.07, 6.45) is 2.01. The Hall–Kier alpha value is -1.92. The summed E-state index contributed by atoms with van der Waals surface area (Å²) in [6.45, 7) is 1.80. The maximum atomic E-state index is 13.0. The third kappa shape index (κ3) is 2.95. The average Bonchev–Trinajstić information content (AvgIpc) is 3.31. The second kappa shape index (κ2) is 7.60. The first-order chi connectivity index (χ1) is 13.0. The molecule has 144 valence electrons. The number of amides is 2. The zero-order valence-electron chi connectivity index (χ0n) is 15.2. The van der Waals surface area contributed by atoms with Crippen LogP contribution in [0.15, 0.2) is 16.6 Å². The average molecular weight is 454 g/mol. The molecule has 0 N–H and O–H groups in total. The highest BCUT2D eigenvalue weighted by atomic mass is 79.9. The second-order valence-corrected chi connectivity index (χ2v) is 7.35. The molecule has 3 aliphatic heterocycles. The van der Waals surface area contributed by atoms with Gasteiger partial charge >= 0.3 is 0 Å². The third-order valence-electron chi connectivity index (χ3n) is 5.31. The summed E-state index contributed by atoms with van der Waals surface area (Å²) in [4.78, 5) is 28.7. The fraction of sp³-hybridized carbons (Fsp3) is 0.500. The molecule has 4 rings (SSSR count). The van der Waals surface area contributed by atoms with Crippen molar-refractivity contribution in [2.45, 2.75) is 31.5 Å². The summed E-state index contributed by atoms with van der Waals surface area (Å²) < 4.78 is 11.8. The maximum Gasteiger partial charge on any atom is 0.246 e. The molecule has 9 heteroatoms. The van der Waals surface area contributed by atoms with Gasteiger partial charge in [-0.3, -0.25) is 9.59 Å². The fourth-order valence-electron chi connectivity index (χ4n) is 3.90. The molecule has 2 unspecified atom stereocenters. The van der Waals surface area contributed by atoms with E-state index in [4.69, 9.17) is 9.47 Å². The number of thiol groups is 1. The van der Waals surface area contributed by atoms with E-state index in [1.165, 1.54) is 4.90 Å². The van der Waals surface area contributed by atoms with Gasteiger partial charge in [0.1, 0.15) is 12.1 Å². The van der Waals surface area contributed by atoms with E-state index >= 15 is 0 Å². The number of piperazine rings is 1.